The predicted molar refractivity (Wildman–Crippen MR) is 68.2 cm³/mol. The van der Waals surface area contributed by atoms with Crippen LogP contribution in [0.25, 0.3) is 0 Å². The number of hydrogen-bond acceptors (Lipinski definition) is 5. The van der Waals surface area contributed by atoms with E-state index in [1.165, 1.54) is 18.2 Å². The van der Waals surface area contributed by atoms with Crippen LogP contribution in [0, 0.1) is 0 Å². The maximum Gasteiger partial charge on any atom is 0.221 e. The maximum absolute atomic E-state index is 12.0. The molecule has 1 aliphatic heterocycles. The molecule has 0 bridgehead atoms. The number of amides is 1. The number of rotatable bonds is 3. The lowest BCUT2D eigenvalue weighted by Gasteiger charge is -2.17. The van der Waals surface area contributed by atoms with Crippen molar-refractivity contribution in [1.82, 2.24) is 10.2 Å². The highest BCUT2D eigenvalue weighted by molar-refractivity contribution is 5.98. The van der Waals surface area contributed by atoms with Crippen molar-refractivity contribution in [2.45, 2.75) is 6.42 Å². The standard InChI is InChI=1S/C13H16N2O4/c16-10-2-1-9(7-11(10)17)12(18)8-15-5-3-13(19)14-4-6-15/h1-2,7,16-17H,3-6,8H2,(H,14,19). The summed E-state index contributed by atoms with van der Waals surface area (Å²) >= 11 is 0. The smallest absolute Gasteiger partial charge is 0.221 e. The van der Waals surface area contributed by atoms with Gasteiger partial charge in [-0.25, -0.2) is 0 Å². The maximum atomic E-state index is 12.0. The molecule has 0 spiro atoms. The molecule has 19 heavy (non-hydrogen) atoms. The Hall–Kier alpha value is -2.08. The Bertz CT molecular complexity index is 501. The second-order valence-electron chi connectivity index (χ2n) is 4.50. The van der Waals surface area contributed by atoms with E-state index in [1.807, 2.05) is 4.90 Å². The highest BCUT2D eigenvalue weighted by Gasteiger charge is 2.17. The van der Waals surface area contributed by atoms with E-state index >= 15 is 0 Å². The summed E-state index contributed by atoms with van der Waals surface area (Å²) in [4.78, 5) is 25.1. The zero-order valence-corrected chi connectivity index (χ0v) is 10.4. The normalized spacial score (nSPS) is 16.7. The zero-order chi connectivity index (χ0) is 13.8. The van der Waals surface area contributed by atoms with Gasteiger partial charge in [-0.3, -0.25) is 14.5 Å². The third-order valence-corrected chi connectivity index (χ3v) is 3.07. The fraction of sp³-hybridized carbons (Fsp3) is 0.385. The molecule has 1 fully saturated rings. The summed E-state index contributed by atoms with van der Waals surface area (Å²) in [6.45, 7) is 1.90. The molecule has 0 atom stereocenters. The first-order valence-corrected chi connectivity index (χ1v) is 6.10. The van der Waals surface area contributed by atoms with Gasteiger partial charge in [0.25, 0.3) is 0 Å². The summed E-state index contributed by atoms with van der Waals surface area (Å²) < 4.78 is 0. The molecule has 3 N–H and O–H groups in total. The predicted octanol–water partition coefficient (Wildman–Crippen LogP) is 0.102. The van der Waals surface area contributed by atoms with Crippen molar-refractivity contribution >= 4 is 11.7 Å². The Morgan fingerprint density at radius 1 is 1.26 bits per heavy atom. The molecular formula is C13H16N2O4. The van der Waals surface area contributed by atoms with E-state index in [9.17, 15) is 19.8 Å². The number of benzene rings is 1. The van der Waals surface area contributed by atoms with Gasteiger partial charge in [-0.15, -0.1) is 0 Å². The van der Waals surface area contributed by atoms with Crippen LogP contribution >= 0.6 is 0 Å². The molecular weight excluding hydrogens is 248 g/mol. The number of phenols is 2. The topological polar surface area (TPSA) is 89.9 Å². The molecule has 6 nitrogen and oxygen atoms in total. The van der Waals surface area contributed by atoms with E-state index in [0.29, 0.717) is 31.6 Å². The van der Waals surface area contributed by atoms with Crippen molar-refractivity contribution in [2.75, 3.05) is 26.2 Å². The fourth-order valence-electron chi connectivity index (χ4n) is 1.96. The average molecular weight is 264 g/mol. The van der Waals surface area contributed by atoms with E-state index in [4.69, 9.17) is 0 Å². The molecule has 102 valence electrons. The summed E-state index contributed by atoms with van der Waals surface area (Å²) in [5.74, 6) is -0.707. The molecule has 1 aromatic rings. The molecule has 6 heteroatoms. The van der Waals surface area contributed by atoms with Crippen LogP contribution in [0.4, 0.5) is 0 Å². The molecule has 0 unspecified atom stereocenters. The highest BCUT2D eigenvalue weighted by Crippen LogP contribution is 2.25. The van der Waals surface area contributed by atoms with Gasteiger partial charge >= 0.3 is 0 Å². The molecule has 0 aromatic heterocycles. The minimum atomic E-state index is -0.307. The summed E-state index contributed by atoms with van der Waals surface area (Å²) in [7, 11) is 0. The highest BCUT2D eigenvalue weighted by atomic mass is 16.3. The summed E-state index contributed by atoms with van der Waals surface area (Å²) in [6, 6.07) is 4.01. The summed E-state index contributed by atoms with van der Waals surface area (Å²) in [6.07, 6.45) is 0.383. The average Bonchev–Trinajstić information content (AvgIpc) is 2.58. The molecule has 1 aliphatic rings. The third kappa shape index (κ3) is 3.45. The van der Waals surface area contributed by atoms with Gasteiger partial charge in [0.05, 0.1) is 6.54 Å². The molecule has 1 aromatic carbocycles. The number of hydrogen-bond donors (Lipinski definition) is 3. The molecule has 1 amide bonds. The van der Waals surface area contributed by atoms with Crippen molar-refractivity contribution in [2.24, 2.45) is 0 Å². The van der Waals surface area contributed by atoms with Gasteiger partial charge in [0, 0.05) is 31.6 Å². The molecule has 2 rings (SSSR count). The first-order valence-electron chi connectivity index (χ1n) is 6.10. The number of carbonyl (C=O) groups excluding carboxylic acids is 2. The molecule has 0 radical (unpaired) electrons. The number of nitrogens with zero attached hydrogens (tertiary/aromatic N) is 1. The van der Waals surface area contributed by atoms with E-state index in [-0.39, 0.29) is 29.7 Å². The van der Waals surface area contributed by atoms with Crippen LogP contribution in [0.3, 0.4) is 0 Å². The van der Waals surface area contributed by atoms with Crippen LogP contribution in [0.15, 0.2) is 18.2 Å². The minimum Gasteiger partial charge on any atom is -0.504 e. The molecule has 0 aliphatic carbocycles. The van der Waals surface area contributed by atoms with E-state index < -0.39 is 0 Å². The Morgan fingerprint density at radius 2 is 2.05 bits per heavy atom. The lowest BCUT2D eigenvalue weighted by Crippen LogP contribution is -2.33. The van der Waals surface area contributed by atoms with Crippen LogP contribution in [-0.2, 0) is 4.79 Å². The van der Waals surface area contributed by atoms with Crippen molar-refractivity contribution in [3.05, 3.63) is 23.8 Å². The van der Waals surface area contributed by atoms with Gasteiger partial charge in [-0.1, -0.05) is 0 Å². The summed E-state index contributed by atoms with van der Waals surface area (Å²) in [5.41, 5.74) is 0.346. The lowest BCUT2D eigenvalue weighted by atomic mass is 10.1. The Kier molecular flexibility index (Phi) is 4.01. The van der Waals surface area contributed by atoms with E-state index in [1.54, 1.807) is 0 Å². The van der Waals surface area contributed by atoms with E-state index in [2.05, 4.69) is 5.32 Å². The van der Waals surface area contributed by atoms with Gasteiger partial charge in [0.15, 0.2) is 17.3 Å². The summed E-state index contributed by atoms with van der Waals surface area (Å²) in [5, 5.41) is 21.3. The number of nitrogens with one attached hydrogen (secondary N) is 1. The number of ketones is 1. The second-order valence-corrected chi connectivity index (χ2v) is 4.50. The van der Waals surface area contributed by atoms with Crippen LogP contribution in [-0.4, -0.2) is 53.0 Å². The van der Waals surface area contributed by atoms with Gasteiger partial charge in [0.1, 0.15) is 0 Å². The third-order valence-electron chi connectivity index (χ3n) is 3.07. The zero-order valence-electron chi connectivity index (χ0n) is 10.4. The van der Waals surface area contributed by atoms with Gasteiger partial charge in [0.2, 0.25) is 5.91 Å². The van der Waals surface area contributed by atoms with Gasteiger partial charge in [-0.2, -0.15) is 0 Å². The number of aromatic hydroxyl groups is 2. The first-order chi connectivity index (χ1) is 9.06. The largest absolute Gasteiger partial charge is 0.504 e. The first kappa shape index (κ1) is 13.4. The Labute approximate surface area is 110 Å². The number of Topliss-reactive ketones (excluding diaryl/α,β-unsaturated/α-hetero) is 1. The molecule has 0 saturated carbocycles. The molecule has 1 heterocycles. The van der Waals surface area contributed by atoms with Crippen LogP contribution in [0.1, 0.15) is 16.8 Å². The number of carbonyl (C=O) groups is 2. The van der Waals surface area contributed by atoms with Crippen LogP contribution in [0.2, 0.25) is 0 Å². The van der Waals surface area contributed by atoms with Crippen LogP contribution in [0.5, 0.6) is 11.5 Å². The Morgan fingerprint density at radius 3 is 2.79 bits per heavy atom. The fourth-order valence-corrected chi connectivity index (χ4v) is 1.96. The molecule has 1 saturated heterocycles. The van der Waals surface area contributed by atoms with Gasteiger partial charge in [-0.05, 0) is 18.2 Å². The second kappa shape index (κ2) is 5.71. The van der Waals surface area contributed by atoms with Crippen molar-refractivity contribution in [3.8, 4) is 11.5 Å². The minimum absolute atomic E-state index is 0.00257. The van der Waals surface area contributed by atoms with Crippen molar-refractivity contribution in [1.29, 1.82) is 0 Å². The van der Waals surface area contributed by atoms with Gasteiger partial charge < -0.3 is 15.5 Å². The lowest BCUT2D eigenvalue weighted by molar-refractivity contribution is -0.120. The van der Waals surface area contributed by atoms with E-state index in [0.717, 1.165) is 0 Å². The number of phenolic OH excluding ortho intramolecular Hbond substituents is 2. The Balaban J connectivity index is 2.00. The van der Waals surface area contributed by atoms with Crippen molar-refractivity contribution < 1.29 is 19.8 Å². The monoisotopic (exact) mass is 264 g/mol. The quantitative estimate of drug-likeness (QED) is 0.532. The SMILES string of the molecule is O=C1CCN(CC(=O)c2ccc(O)c(O)c2)CCN1. The van der Waals surface area contributed by atoms with Crippen LogP contribution < -0.4 is 5.32 Å². The van der Waals surface area contributed by atoms with Crippen molar-refractivity contribution in [3.63, 3.8) is 0 Å².